The van der Waals surface area contributed by atoms with E-state index in [1.54, 1.807) is 23.2 Å². The van der Waals surface area contributed by atoms with E-state index in [9.17, 15) is 9.59 Å². The number of pyridine rings is 1. The quantitative estimate of drug-likeness (QED) is 0.924. The van der Waals surface area contributed by atoms with Crippen LogP contribution >= 0.6 is 11.3 Å². The molecule has 1 saturated heterocycles. The van der Waals surface area contributed by atoms with E-state index in [1.807, 2.05) is 30.5 Å². The number of aromatic nitrogens is 1. The lowest BCUT2D eigenvalue weighted by molar-refractivity contribution is -0.0212. The number of nitrogens with one attached hydrogen (secondary N) is 1. The third-order valence-corrected chi connectivity index (χ3v) is 4.76. The number of hydrogen-bond acceptors (Lipinski definition) is 4. The van der Waals surface area contributed by atoms with E-state index < -0.39 is 0 Å². The Labute approximate surface area is 132 Å². The van der Waals surface area contributed by atoms with Gasteiger partial charge in [-0.05, 0) is 36.9 Å². The normalized spacial score (nSPS) is 18.5. The van der Waals surface area contributed by atoms with Crippen LogP contribution in [0, 0.1) is 13.8 Å². The largest absolute Gasteiger partial charge is 0.369 e. The number of hydrogen-bond donors (Lipinski definition) is 1. The zero-order chi connectivity index (χ0) is 15.7. The summed E-state index contributed by atoms with van der Waals surface area (Å²) < 4.78 is 5.75. The standard InChI is InChI=1S/C16H18N2O3S/c1-10-8-11(2)17-15(19)14(10)16(20)18-5-6-21-12(9-18)13-4-3-7-22-13/h3-4,7-8,12H,5-6,9H2,1-2H3,(H,17,19)/t12-/m0/s1. The van der Waals surface area contributed by atoms with E-state index in [4.69, 9.17) is 4.74 Å². The molecule has 0 bridgehead atoms. The van der Waals surface area contributed by atoms with E-state index in [-0.39, 0.29) is 23.1 Å². The fraction of sp³-hybridized carbons (Fsp3) is 0.375. The van der Waals surface area contributed by atoms with Crippen molar-refractivity contribution < 1.29 is 9.53 Å². The number of carbonyl (C=O) groups excluding carboxylic acids is 1. The summed E-state index contributed by atoms with van der Waals surface area (Å²) in [6, 6.07) is 5.80. The molecule has 0 aliphatic carbocycles. The van der Waals surface area contributed by atoms with Crippen molar-refractivity contribution in [1.82, 2.24) is 9.88 Å². The summed E-state index contributed by atoms with van der Waals surface area (Å²) in [5, 5.41) is 1.99. The molecule has 0 spiro atoms. The van der Waals surface area contributed by atoms with Crippen molar-refractivity contribution in [3.63, 3.8) is 0 Å². The molecule has 2 aromatic rings. The number of aryl methyl sites for hydroxylation is 2. The zero-order valence-corrected chi connectivity index (χ0v) is 13.4. The number of morpholine rings is 1. The summed E-state index contributed by atoms with van der Waals surface area (Å²) in [6.45, 7) is 5.08. The molecule has 116 valence electrons. The van der Waals surface area contributed by atoms with Crippen LogP contribution in [0.1, 0.15) is 32.6 Å². The summed E-state index contributed by atoms with van der Waals surface area (Å²) in [5.74, 6) is -0.219. The van der Waals surface area contributed by atoms with Gasteiger partial charge in [-0.2, -0.15) is 0 Å². The van der Waals surface area contributed by atoms with Crippen LogP contribution in [-0.2, 0) is 4.74 Å². The Morgan fingerprint density at radius 3 is 2.95 bits per heavy atom. The van der Waals surface area contributed by atoms with Crippen LogP contribution in [0.4, 0.5) is 0 Å². The molecule has 3 heterocycles. The molecule has 1 N–H and O–H groups in total. The zero-order valence-electron chi connectivity index (χ0n) is 12.6. The molecule has 22 heavy (non-hydrogen) atoms. The molecule has 1 atom stereocenters. The van der Waals surface area contributed by atoms with Crippen LogP contribution in [0.5, 0.6) is 0 Å². The highest BCUT2D eigenvalue weighted by Crippen LogP contribution is 2.26. The third-order valence-electron chi connectivity index (χ3n) is 3.79. The molecule has 6 heteroatoms. The Morgan fingerprint density at radius 1 is 1.45 bits per heavy atom. The Kier molecular flexibility index (Phi) is 4.13. The molecule has 0 unspecified atom stereocenters. The highest BCUT2D eigenvalue weighted by atomic mass is 32.1. The molecule has 1 amide bonds. The van der Waals surface area contributed by atoms with Gasteiger partial charge in [-0.25, -0.2) is 0 Å². The second kappa shape index (κ2) is 6.06. The molecule has 3 rings (SSSR count). The molecule has 0 saturated carbocycles. The highest BCUT2D eigenvalue weighted by molar-refractivity contribution is 7.10. The van der Waals surface area contributed by atoms with Crippen LogP contribution in [0.25, 0.3) is 0 Å². The fourth-order valence-corrected chi connectivity index (χ4v) is 3.52. The first-order valence-corrected chi connectivity index (χ1v) is 8.09. The Morgan fingerprint density at radius 2 is 2.27 bits per heavy atom. The van der Waals surface area contributed by atoms with Gasteiger partial charge in [0.15, 0.2) is 0 Å². The van der Waals surface area contributed by atoms with Crippen LogP contribution in [0.3, 0.4) is 0 Å². The van der Waals surface area contributed by atoms with E-state index in [2.05, 4.69) is 4.98 Å². The van der Waals surface area contributed by atoms with Crippen LogP contribution in [0.15, 0.2) is 28.4 Å². The molecular weight excluding hydrogens is 300 g/mol. The van der Waals surface area contributed by atoms with Gasteiger partial charge in [0.05, 0.1) is 13.2 Å². The van der Waals surface area contributed by atoms with Crippen molar-refractivity contribution in [3.05, 3.63) is 55.6 Å². The molecular formula is C16H18N2O3S. The minimum absolute atomic E-state index is 0.109. The first-order chi connectivity index (χ1) is 10.6. The lowest BCUT2D eigenvalue weighted by atomic mass is 10.1. The predicted octanol–water partition coefficient (Wildman–Crippen LogP) is 2.27. The van der Waals surface area contributed by atoms with Crippen LogP contribution in [-0.4, -0.2) is 35.5 Å². The Bertz CT molecular complexity index is 736. The second-order valence-corrected chi connectivity index (χ2v) is 6.44. The lowest BCUT2D eigenvalue weighted by Crippen LogP contribution is -2.44. The molecule has 0 radical (unpaired) electrons. The van der Waals surface area contributed by atoms with Gasteiger partial charge in [0, 0.05) is 17.1 Å². The number of ether oxygens (including phenoxy) is 1. The Hall–Kier alpha value is -1.92. The first kappa shape index (κ1) is 15.0. The maximum absolute atomic E-state index is 12.7. The van der Waals surface area contributed by atoms with Gasteiger partial charge in [-0.15, -0.1) is 11.3 Å². The number of thiophene rings is 1. The number of H-pyrrole nitrogens is 1. The van der Waals surface area contributed by atoms with Crippen molar-refractivity contribution in [2.45, 2.75) is 20.0 Å². The monoisotopic (exact) mass is 318 g/mol. The number of amides is 1. The van der Waals surface area contributed by atoms with Crippen molar-refractivity contribution in [3.8, 4) is 0 Å². The average Bonchev–Trinajstić information content (AvgIpc) is 3.00. The summed E-state index contributed by atoms with van der Waals surface area (Å²) in [5.41, 5.74) is 1.39. The van der Waals surface area contributed by atoms with Gasteiger partial charge in [0.1, 0.15) is 11.7 Å². The highest BCUT2D eigenvalue weighted by Gasteiger charge is 2.28. The predicted molar refractivity (Wildman–Crippen MR) is 85.5 cm³/mol. The smallest absolute Gasteiger partial charge is 0.261 e. The maximum atomic E-state index is 12.7. The second-order valence-electron chi connectivity index (χ2n) is 5.47. The fourth-order valence-electron chi connectivity index (χ4n) is 2.76. The third kappa shape index (κ3) is 2.84. The van der Waals surface area contributed by atoms with E-state index in [0.717, 1.165) is 10.6 Å². The van der Waals surface area contributed by atoms with Gasteiger partial charge in [0.25, 0.3) is 11.5 Å². The minimum atomic E-state index is -0.318. The topological polar surface area (TPSA) is 62.4 Å². The average molecular weight is 318 g/mol. The van der Waals surface area contributed by atoms with Crippen molar-refractivity contribution in [1.29, 1.82) is 0 Å². The summed E-state index contributed by atoms with van der Waals surface area (Å²) in [4.78, 5) is 30.4. The number of aromatic amines is 1. The Balaban J connectivity index is 1.85. The van der Waals surface area contributed by atoms with Gasteiger partial charge in [-0.1, -0.05) is 6.07 Å². The first-order valence-electron chi connectivity index (χ1n) is 7.21. The molecule has 1 fully saturated rings. The minimum Gasteiger partial charge on any atom is -0.369 e. The molecule has 5 nitrogen and oxygen atoms in total. The van der Waals surface area contributed by atoms with E-state index in [0.29, 0.717) is 25.3 Å². The van der Waals surface area contributed by atoms with Gasteiger partial charge in [0.2, 0.25) is 0 Å². The molecule has 2 aromatic heterocycles. The van der Waals surface area contributed by atoms with Crippen molar-refractivity contribution in [2.75, 3.05) is 19.7 Å². The van der Waals surface area contributed by atoms with Gasteiger partial charge < -0.3 is 14.6 Å². The van der Waals surface area contributed by atoms with E-state index in [1.165, 1.54) is 0 Å². The molecule has 1 aliphatic heterocycles. The summed E-state index contributed by atoms with van der Waals surface area (Å²) in [7, 11) is 0. The number of carbonyl (C=O) groups is 1. The maximum Gasteiger partial charge on any atom is 0.261 e. The summed E-state index contributed by atoms with van der Waals surface area (Å²) >= 11 is 1.62. The van der Waals surface area contributed by atoms with Gasteiger partial charge in [-0.3, -0.25) is 9.59 Å². The number of nitrogens with zero attached hydrogens (tertiary/aromatic N) is 1. The molecule has 1 aliphatic rings. The lowest BCUT2D eigenvalue weighted by Gasteiger charge is -2.32. The van der Waals surface area contributed by atoms with Crippen molar-refractivity contribution >= 4 is 17.2 Å². The summed E-state index contributed by atoms with van der Waals surface area (Å²) in [6.07, 6.45) is -0.109. The SMILES string of the molecule is Cc1cc(C)c(C(=O)N2CCO[C@H](c3cccs3)C2)c(=O)[nH]1. The van der Waals surface area contributed by atoms with Crippen LogP contribution < -0.4 is 5.56 Å². The van der Waals surface area contributed by atoms with Crippen LogP contribution in [0.2, 0.25) is 0 Å². The van der Waals surface area contributed by atoms with E-state index >= 15 is 0 Å². The van der Waals surface area contributed by atoms with Gasteiger partial charge >= 0.3 is 0 Å². The molecule has 0 aromatic carbocycles. The van der Waals surface area contributed by atoms with Crippen molar-refractivity contribution in [2.24, 2.45) is 0 Å². The number of rotatable bonds is 2.